The molecule has 2 N–H and O–H groups in total. The van der Waals surface area contributed by atoms with E-state index < -0.39 is 0 Å². The second kappa shape index (κ2) is 10.5. The third-order valence-electron chi connectivity index (χ3n) is 5.33. The Kier molecular flexibility index (Phi) is 7.83. The maximum Gasteiger partial charge on any atom is 0.240 e. The molecule has 2 aromatic rings. The molecule has 0 aliphatic carbocycles. The number of carbonyl (C=O) groups is 1. The molecular weight excluding hydrogens is 384 g/mol. The second-order valence-electron chi connectivity index (χ2n) is 7.65. The minimum Gasteiger partial charge on any atom is -0.369 e. The van der Waals surface area contributed by atoms with Crippen LogP contribution < -0.4 is 10.2 Å². The van der Waals surface area contributed by atoms with Crippen molar-refractivity contribution >= 4 is 23.8 Å². The summed E-state index contributed by atoms with van der Waals surface area (Å²) in [7, 11) is 0. The van der Waals surface area contributed by atoms with E-state index in [1.807, 2.05) is 0 Å². The van der Waals surface area contributed by atoms with E-state index in [1.165, 1.54) is 11.3 Å². The van der Waals surface area contributed by atoms with Gasteiger partial charge in [0.05, 0.1) is 0 Å². The summed E-state index contributed by atoms with van der Waals surface area (Å²) < 4.78 is 2.30. The molecule has 0 radical (unpaired) electrons. The van der Waals surface area contributed by atoms with Crippen molar-refractivity contribution in [2.75, 3.05) is 44.2 Å². The van der Waals surface area contributed by atoms with E-state index in [1.54, 1.807) is 4.57 Å². The van der Waals surface area contributed by atoms with Gasteiger partial charge >= 0.3 is 0 Å². The molecule has 1 amide bonds. The van der Waals surface area contributed by atoms with Gasteiger partial charge in [0.2, 0.25) is 5.91 Å². The molecule has 158 valence electrons. The summed E-state index contributed by atoms with van der Waals surface area (Å²) in [5, 5.41) is 10.00. The van der Waals surface area contributed by atoms with Crippen LogP contribution in [0.4, 0.5) is 5.69 Å². The number of amides is 1. The lowest BCUT2D eigenvalue weighted by atomic mass is 10.2. The Morgan fingerprint density at radius 3 is 2.79 bits per heavy atom. The molecular formula is C21H32N6OS. The van der Waals surface area contributed by atoms with Crippen LogP contribution in [-0.4, -0.2) is 64.8 Å². The van der Waals surface area contributed by atoms with Crippen LogP contribution in [0.2, 0.25) is 0 Å². The summed E-state index contributed by atoms with van der Waals surface area (Å²) >= 11 is 5.23. The van der Waals surface area contributed by atoms with E-state index in [-0.39, 0.29) is 12.5 Å². The van der Waals surface area contributed by atoms with Crippen LogP contribution in [0.25, 0.3) is 0 Å². The molecule has 29 heavy (non-hydrogen) atoms. The maximum atomic E-state index is 12.3. The Morgan fingerprint density at radius 1 is 1.28 bits per heavy atom. The van der Waals surface area contributed by atoms with Crippen molar-refractivity contribution in [3.63, 3.8) is 0 Å². The molecule has 1 aliphatic rings. The summed E-state index contributed by atoms with van der Waals surface area (Å²) in [6.45, 7) is 10.4. The summed E-state index contributed by atoms with van der Waals surface area (Å²) in [4.78, 5) is 17.2. The van der Waals surface area contributed by atoms with Crippen molar-refractivity contribution in [1.82, 2.24) is 25.0 Å². The fraction of sp³-hybridized carbons (Fsp3) is 0.571. The van der Waals surface area contributed by atoms with E-state index in [2.05, 4.69) is 63.4 Å². The minimum atomic E-state index is -0.0101. The van der Waals surface area contributed by atoms with Crippen molar-refractivity contribution in [3.05, 3.63) is 40.4 Å². The summed E-state index contributed by atoms with van der Waals surface area (Å²) in [5.41, 5.74) is 2.62. The molecule has 0 bridgehead atoms. The maximum absolute atomic E-state index is 12.3. The molecule has 0 spiro atoms. The highest BCUT2D eigenvalue weighted by molar-refractivity contribution is 7.71. The molecule has 0 atom stereocenters. The highest BCUT2D eigenvalue weighted by Crippen LogP contribution is 2.17. The van der Waals surface area contributed by atoms with Gasteiger partial charge in [-0.25, -0.2) is 0 Å². The Hall–Kier alpha value is -2.19. The van der Waals surface area contributed by atoms with Gasteiger partial charge in [-0.05, 0) is 56.2 Å². The number of aromatic nitrogens is 3. The van der Waals surface area contributed by atoms with Crippen LogP contribution in [0.1, 0.15) is 31.2 Å². The number of H-pyrrole nitrogens is 1. The van der Waals surface area contributed by atoms with Crippen molar-refractivity contribution in [2.45, 2.75) is 39.7 Å². The largest absolute Gasteiger partial charge is 0.369 e. The average molecular weight is 417 g/mol. The average Bonchev–Trinajstić information content (AvgIpc) is 3.05. The van der Waals surface area contributed by atoms with Gasteiger partial charge in [-0.1, -0.05) is 19.1 Å². The van der Waals surface area contributed by atoms with E-state index in [0.29, 0.717) is 11.3 Å². The smallest absolute Gasteiger partial charge is 0.240 e. The highest BCUT2D eigenvalue weighted by atomic mass is 32.1. The van der Waals surface area contributed by atoms with Gasteiger partial charge < -0.3 is 10.2 Å². The van der Waals surface area contributed by atoms with E-state index in [9.17, 15) is 4.79 Å². The van der Waals surface area contributed by atoms with Gasteiger partial charge in [0, 0.05) is 44.8 Å². The van der Waals surface area contributed by atoms with Gasteiger partial charge in [-0.3, -0.25) is 19.4 Å². The molecule has 1 aromatic heterocycles. The zero-order chi connectivity index (χ0) is 20.6. The molecule has 7 nitrogen and oxygen atoms in total. The minimum absolute atomic E-state index is 0.0101. The molecule has 1 saturated heterocycles. The monoisotopic (exact) mass is 416 g/mol. The van der Waals surface area contributed by atoms with Gasteiger partial charge in [0.25, 0.3) is 0 Å². The van der Waals surface area contributed by atoms with E-state index in [0.717, 1.165) is 57.8 Å². The third-order valence-corrected chi connectivity index (χ3v) is 5.64. The molecule has 1 aliphatic heterocycles. The van der Waals surface area contributed by atoms with Gasteiger partial charge in [0.15, 0.2) is 4.77 Å². The third kappa shape index (κ3) is 6.14. The lowest BCUT2D eigenvalue weighted by Gasteiger charge is -2.36. The zero-order valence-electron chi connectivity index (χ0n) is 17.5. The second-order valence-corrected chi connectivity index (χ2v) is 8.04. The first-order valence-corrected chi connectivity index (χ1v) is 10.9. The molecule has 1 fully saturated rings. The normalized spacial score (nSPS) is 14.9. The number of aromatic amines is 1. The number of aryl methyl sites for hydroxylation is 2. The standard InChI is InChI=1S/C21H32N6OS/c1-3-6-19-23-24-21(29)27(19)16-20(28)22-9-5-10-25-11-13-26(14-12-25)18-8-4-7-17(2)15-18/h4,7-8,15H,3,5-6,9-14,16H2,1-2H3,(H,22,28)(H,24,29). The predicted octanol–water partition coefficient (Wildman–Crippen LogP) is 2.53. The Bertz CT molecular complexity index is 853. The fourth-order valence-corrected chi connectivity index (χ4v) is 3.93. The van der Waals surface area contributed by atoms with Crippen molar-refractivity contribution in [1.29, 1.82) is 0 Å². The first-order valence-electron chi connectivity index (χ1n) is 10.5. The number of benzene rings is 1. The Morgan fingerprint density at radius 2 is 2.07 bits per heavy atom. The van der Waals surface area contributed by atoms with Crippen LogP contribution in [0.3, 0.4) is 0 Å². The zero-order valence-corrected chi connectivity index (χ0v) is 18.3. The number of hydrogen-bond acceptors (Lipinski definition) is 5. The van der Waals surface area contributed by atoms with Crippen LogP contribution in [0.5, 0.6) is 0 Å². The number of piperazine rings is 1. The van der Waals surface area contributed by atoms with E-state index >= 15 is 0 Å². The molecule has 2 heterocycles. The van der Waals surface area contributed by atoms with Gasteiger partial charge in [-0.2, -0.15) is 5.10 Å². The predicted molar refractivity (Wildman–Crippen MR) is 119 cm³/mol. The fourth-order valence-electron chi connectivity index (χ4n) is 3.71. The number of nitrogens with zero attached hydrogens (tertiary/aromatic N) is 4. The summed E-state index contributed by atoms with van der Waals surface area (Å²) in [6.07, 6.45) is 2.74. The summed E-state index contributed by atoms with van der Waals surface area (Å²) in [6, 6.07) is 8.71. The number of anilines is 1. The lowest BCUT2D eigenvalue weighted by molar-refractivity contribution is -0.121. The summed E-state index contributed by atoms with van der Waals surface area (Å²) in [5.74, 6) is 0.836. The Labute approximate surface area is 178 Å². The van der Waals surface area contributed by atoms with Crippen molar-refractivity contribution in [3.8, 4) is 0 Å². The van der Waals surface area contributed by atoms with Crippen LogP contribution >= 0.6 is 12.2 Å². The van der Waals surface area contributed by atoms with Gasteiger partial charge in [-0.15, -0.1) is 0 Å². The van der Waals surface area contributed by atoms with Crippen LogP contribution in [0, 0.1) is 11.7 Å². The topological polar surface area (TPSA) is 69.2 Å². The number of nitrogens with one attached hydrogen (secondary N) is 2. The highest BCUT2D eigenvalue weighted by Gasteiger charge is 2.17. The molecule has 1 aromatic carbocycles. The van der Waals surface area contributed by atoms with Crippen molar-refractivity contribution < 1.29 is 4.79 Å². The lowest BCUT2D eigenvalue weighted by Crippen LogP contribution is -2.47. The number of rotatable bonds is 9. The number of carbonyl (C=O) groups excluding carboxylic acids is 1. The number of hydrogen-bond donors (Lipinski definition) is 2. The van der Waals surface area contributed by atoms with Crippen molar-refractivity contribution in [2.24, 2.45) is 0 Å². The van der Waals surface area contributed by atoms with Crippen LogP contribution in [0.15, 0.2) is 24.3 Å². The quantitative estimate of drug-likeness (QED) is 0.486. The van der Waals surface area contributed by atoms with E-state index in [4.69, 9.17) is 12.2 Å². The first-order chi connectivity index (χ1) is 14.1. The van der Waals surface area contributed by atoms with Crippen LogP contribution in [-0.2, 0) is 17.8 Å². The molecule has 0 unspecified atom stereocenters. The molecule has 0 saturated carbocycles. The van der Waals surface area contributed by atoms with Gasteiger partial charge in [0.1, 0.15) is 12.4 Å². The first kappa shape index (κ1) is 21.5. The SMILES string of the molecule is CCCc1n[nH]c(=S)n1CC(=O)NCCCN1CCN(c2cccc(C)c2)CC1. The molecule has 3 rings (SSSR count). The molecule has 8 heteroatoms. The Balaban J connectivity index is 1.34.